The zero-order valence-electron chi connectivity index (χ0n) is 22.1. The number of hydrogen-bond donors (Lipinski definition) is 2. The van der Waals surface area contributed by atoms with Crippen molar-refractivity contribution in [1.29, 1.82) is 0 Å². The monoisotopic (exact) mass is 572 g/mol. The van der Waals surface area contributed by atoms with Crippen LogP contribution >= 0.6 is 11.6 Å². The minimum Gasteiger partial charge on any atom is -0.387 e. The van der Waals surface area contributed by atoms with Gasteiger partial charge in [0.1, 0.15) is 0 Å². The van der Waals surface area contributed by atoms with Gasteiger partial charge in [-0.1, -0.05) is 42.8 Å². The van der Waals surface area contributed by atoms with E-state index >= 15 is 0 Å². The molecule has 0 fully saturated rings. The summed E-state index contributed by atoms with van der Waals surface area (Å²) >= 11 is 5.99. The van der Waals surface area contributed by atoms with E-state index in [0.717, 1.165) is 16.2 Å². The van der Waals surface area contributed by atoms with Gasteiger partial charge in [0, 0.05) is 36.6 Å². The molecule has 0 saturated carbocycles. The Morgan fingerprint density at radius 2 is 1.64 bits per heavy atom. The normalized spacial score (nSPS) is 12.9. The molecule has 8 nitrogen and oxygen atoms in total. The molecule has 0 radical (unpaired) electrons. The van der Waals surface area contributed by atoms with Crippen molar-refractivity contribution in [3.63, 3.8) is 0 Å². The number of nitrogens with zero attached hydrogens (tertiary/aromatic N) is 1. The zero-order chi connectivity index (χ0) is 28.6. The maximum atomic E-state index is 13.1. The third kappa shape index (κ3) is 8.37. The van der Waals surface area contributed by atoms with Gasteiger partial charge in [0.25, 0.3) is 5.91 Å². The molecule has 0 aliphatic rings. The maximum absolute atomic E-state index is 13.1. The summed E-state index contributed by atoms with van der Waals surface area (Å²) in [6.45, 7) is 4.16. The second-order valence-electron chi connectivity index (χ2n) is 9.27. The van der Waals surface area contributed by atoms with Crippen molar-refractivity contribution in [2.75, 3.05) is 13.6 Å². The number of hydrogen-bond acceptors (Lipinski definition) is 7. The standard InChI is InChI=1S/C29H33ClN2O6S/c1-4-6-28(34)38-32(3)29(35)22-11-15-26(16-12-22)39(36,37)25-13-9-21(10-14-25)17-20(2)31-19-27(33)23-7-5-8-24(30)18-23/h5,7-16,18,20,27,31,33H,4,6,17,19H2,1-3H3/t20-,27+/m1/s1. The predicted molar refractivity (Wildman–Crippen MR) is 149 cm³/mol. The van der Waals surface area contributed by atoms with Gasteiger partial charge in [-0.3, -0.25) is 4.79 Å². The Kier molecular flexibility index (Phi) is 10.7. The van der Waals surface area contributed by atoms with E-state index in [-0.39, 0.29) is 27.8 Å². The van der Waals surface area contributed by atoms with Crippen molar-refractivity contribution in [2.45, 2.75) is 55.0 Å². The van der Waals surface area contributed by atoms with Crippen LogP contribution in [0.1, 0.15) is 54.3 Å². The molecule has 0 aliphatic heterocycles. The largest absolute Gasteiger partial charge is 0.387 e. The molecule has 0 unspecified atom stereocenters. The van der Waals surface area contributed by atoms with E-state index in [1.165, 1.54) is 31.3 Å². The number of sulfone groups is 1. The van der Waals surface area contributed by atoms with Gasteiger partial charge in [0.15, 0.2) is 0 Å². The summed E-state index contributed by atoms with van der Waals surface area (Å²) in [5, 5.41) is 15.1. The van der Waals surface area contributed by atoms with Crippen molar-refractivity contribution >= 4 is 33.3 Å². The first-order valence-corrected chi connectivity index (χ1v) is 14.5. The summed E-state index contributed by atoms with van der Waals surface area (Å²) in [4.78, 5) is 29.3. The number of carbonyl (C=O) groups excluding carboxylic acids is 2. The Labute approximate surface area is 234 Å². The van der Waals surface area contributed by atoms with Crippen LogP contribution in [0.3, 0.4) is 0 Å². The van der Waals surface area contributed by atoms with Gasteiger partial charge in [0.05, 0.1) is 15.9 Å². The third-order valence-electron chi connectivity index (χ3n) is 6.06. The van der Waals surface area contributed by atoms with Gasteiger partial charge in [-0.2, -0.15) is 5.06 Å². The highest BCUT2D eigenvalue weighted by Crippen LogP contribution is 2.23. The number of aliphatic hydroxyl groups excluding tert-OH is 1. The summed E-state index contributed by atoms with van der Waals surface area (Å²) in [6, 6.07) is 19.2. The lowest BCUT2D eigenvalue weighted by Gasteiger charge is -2.18. The summed E-state index contributed by atoms with van der Waals surface area (Å²) < 4.78 is 26.2. The Balaban J connectivity index is 1.59. The van der Waals surface area contributed by atoms with Gasteiger partial charge >= 0.3 is 5.97 Å². The number of hydroxylamine groups is 2. The minimum absolute atomic E-state index is 0.0331. The van der Waals surface area contributed by atoms with Crippen molar-refractivity contribution < 1.29 is 28.0 Å². The molecular formula is C29H33ClN2O6S. The van der Waals surface area contributed by atoms with Crippen LogP contribution in [-0.2, 0) is 25.9 Å². The van der Waals surface area contributed by atoms with E-state index in [1.807, 2.05) is 19.9 Å². The highest BCUT2D eigenvalue weighted by Gasteiger charge is 2.21. The van der Waals surface area contributed by atoms with Crippen LogP contribution in [0.2, 0.25) is 5.02 Å². The van der Waals surface area contributed by atoms with Gasteiger partial charge in [-0.25, -0.2) is 13.2 Å². The molecule has 0 spiro atoms. The minimum atomic E-state index is -3.80. The molecule has 10 heteroatoms. The molecule has 0 heterocycles. The summed E-state index contributed by atoms with van der Waals surface area (Å²) in [5.41, 5.74) is 1.86. The van der Waals surface area contributed by atoms with E-state index in [1.54, 1.807) is 42.5 Å². The van der Waals surface area contributed by atoms with E-state index in [0.29, 0.717) is 24.4 Å². The number of rotatable bonds is 11. The second-order valence-corrected chi connectivity index (χ2v) is 11.7. The highest BCUT2D eigenvalue weighted by molar-refractivity contribution is 7.91. The number of aliphatic hydroxyl groups is 1. The molecule has 0 aliphatic carbocycles. The fourth-order valence-electron chi connectivity index (χ4n) is 3.91. The number of benzene rings is 3. The third-order valence-corrected chi connectivity index (χ3v) is 8.08. The van der Waals surface area contributed by atoms with E-state index in [2.05, 4.69) is 5.32 Å². The van der Waals surface area contributed by atoms with Crippen LogP contribution in [-0.4, -0.2) is 50.1 Å². The molecule has 3 rings (SSSR count). The van der Waals surface area contributed by atoms with E-state index in [9.17, 15) is 23.1 Å². The SMILES string of the molecule is CCCC(=O)ON(C)C(=O)c1ccc(S(=O)(=O)c2ccc(C[C@@H](C)NC[C@H](O)c3cccc(Cl)c3)cc2)cc1. The van der Waals surface area contributed by atoms with Crippen LogP contribution in [0.5, 0.6) is 0 Å². The lowest BCUT2D eigenvalue weighted by atomic mass is 10.1. The Morgan fingerprint density at radius 3 is 2.23 bits per heavy atom. The first-order valence-electron chi connectivity index (χ1n) is 12.6. The Morgan fingerprint density at radius 1 is 1.03 bits per heavy atom. The Hall–Kier alpha value is -3.24. The molecular weight excluding hydrogens is 540 g/mol. The maximum Gasteiger partial charge on any atom is 0.332 e. The van der Waals surface area contributed by atoms with Crippen molar-refractivity contribution in [1.82, 2.24) is 10.4 Å². The van der Waals surface area contributed by atoms with Gasteiger partial charge in [-0.15, -0.1) is 0 Å². The van der Waals surface area contributed by atoms with Crippen LogP contribution in [0.4, 0.5) is 0 Å². The number of nitrogens with one attached hydrogen (secondary N) is 1. The molecule has 39 heavy (non-hydrogen) atoms. The Bertz CT molecular complexity index is 1380. The molecule has 1 amide bonds. The van der Waals surface area contributed by atoms with Gasteiger partial charge < -0.3 is 15.3 Å². The molecule has 0 saturated heterocycles. The van der Waals surface area contributed by atoms with Crippen LogP contribution in [0.25, 0.3) is 0 Å². The molecule has 3 aromatic rings. The van der Waals surface area contributed by atoms with Crippen LogP contribution < -0.4 is 5.32 Å². The van der Waals surface area contributed by atoms with Crippen molar-refractivity contribution in [3.05, 3.63) is 94.5 Å². The highest BCUT2D eigenvalue weighted by atomic mass is 35.5. The molecule has 2 N–H and O–H groups in total. The summed E-state index contributed by atoms with van der Waals surface area (Å²) in [7, 11) is -2.47. The number of halogens is 1. The van der Waals surface area contributed by atoms with Crippen LogP contribution in [0, 0.1) is 0 Å². The fraction of sp³-hybridized carbons (Fsp3) is 0.310. The van der Waals surface area contributed by atoms with E-state index in [4.69, 9.17) is 16.4 Å². The molecule has 0 bridgehead atoms. The van der Waals surface area contributed by atoms with Crippen LogP contribution in [0.15, 0.2) is 82.6 Å². The molecule has 3 aromatic carbocycles. The topological polar surface area (TPSA) is 113 Å². The average molecular weight is 573 g/mol. The lowest BCUT2D eigenvalue weighted by Crippen LogP contribution is -2.32. The summed E-state index contributed by atoms with van der Waals surface area (Å²) in [6.07, 6.45) is 0.724. The van der Waals surface area contributed by atoms with Gasteiger partial charge in [0.2, 0.25) is 9.84 Å². The molecule has 2 atom stereocenters. The summed E-state index contributed by atoms with van der Waals surface area (Å²) in [5.74, 6) is -1.08. The average Bonchev–Trinajstić information content (AvgIpc) is 2.91. The fourth-order valence-corrected chi connectivity index (χ4v) is 5.37. The smallest absolute Gasteiger partial charge is 0.332 e. The lowest BCUT2D eigenvalue weighted by molar-refractivity contribution is -0.173. The number of amides is 1. The van der Waals surface area contributed by atoms with E-state index < -0.39 is 27.8 Å². The van der Waals surface area contributed by atoms with Crippen molar-refractivity contribution in [2.24, 2.45) is 0 Å². The molecule has 0 aromatic heterocycles. The first kappa shape index (κ1) is 30.3. The quantitative estimate of drug-likeness (QED) is 0.319. The van der Waals surface area contributed by atoms with Gasteiger partial charge in [-0.05, 0) is 79.4 Å². The first-order chi connectivity index (χ1) is 18.5. The zero-order valence-corrected chi connectivity index (χ0v) is 23.7. The number of carbonyl (C=O) groups is 2. The van der Waals surface area contributed by atoms with Crippen molar-refractivity contribution in [3.8, 4) is 0 Å². The predicted octanol–water partition coefficient (Wildman–Crippen LogP) is 4.76. The molecule has 208 valence electrons. The second kappa shape index (κ2) is 13.7.